The minimum atomic E-state index is -3.06. The lowest BCUT2D eigenvalue weighted by atomic mass is 10.1. The van der Waals surface area contributed by atoms with Gasteiger partial charge in [0.25, 0.3) is 5.91 Å². The first-order valence-electron chi connectivity index (χ1n) is 6.38. The second kappa shape index (κ2) is 6.49. The Labute approximate surface area is 124 Å². The zero-order valence-corrected chi connectivity index (χ0v) is 12.4. The largest absolute Gasteiger partial charge is 0.348 e. The third kappa shape index (κ3) is 5.00. The van der Waals surface area contributed by atoms with Crippen molar-refractivity contribution < 1.29 is 13.2 Å². The fraction of sp³-hybridized carbons (Fsp3) is 0.200. The number of rotatable bonds is 5. The molecule has 0 bridgehead atoms. The molecule has 1 aromatic heterocycles. The molecule has 0 saturated carbocycles. The second-order valence-corrected chi connectivity index (χ2v) is 6.95. The van der Waals surface area contributed by atoms with E-state index in [9.17, 15) is 13.2 Å². The minimum absolute atomic E-state index is 0.0219. The smallest absolute Gasteiger partial charge is 0.251 e. The molecule has 0 atom stereocenters. The molecular formula is C15H16N2O3S. The standard InChI is InChI=1S/C15H16N2O3S/c1-21(19,20)11-13-2-4-14(5-3-13)15(18)17-10-12-6-8-16-9-7-12/h2-9H,10-11H2,1H3,(H,17,18). The van der Waals surface area contributed by atoms with Crippen LogP contribution in [-0.2, 0) is 22.1 Å². The lowest BCUT2D eigenvalue weighted by Gasteiger charge is -2.06. The third-order valence-corrected chi connectivity index (χ3v) is 3.71. The highest BCUT2D eigenvalue weighted by molar-refractivity contribution is 7.89. The molecule has 0 radical (unpaired) electrons. The highest BCUT2D eigenvalue weighted by atomic mass is 32.2. The van der Waals surface area contributed by atoms with Crippen LogP contribution in [-0.4, -0.2) is 25.6 Å². The zero-order valence-electron chi connectivity index (χ0n) is 11.6. The predicted molar refractivity (Wildman–Crippen MR) is 80.4 cm³/mol. The Morgan fingerprint density at radius 1 is 1.05 bits per heavy atom. The third-order valence-electron chi connectivity index (χ3n) is 2.85. The Kier molecular flexibility index (Phi) is 4.70. The van der Waals surface area contributed by atoms with Gasteiger partial charge in [-0.25, -0.2) is 8.42 Å². The molecule has 0 aliphatic heterocycles. The van der Waals surface area contributed by atoms with E-state index in [0.29, 0.717) is 17.7 Å². The summed E-state index contributed by atoms with van der Waals surface area (Å²) in [5.41, 5.74) is 2.14. The SMILES string of the molecule is CS(=O)(=O)Cc1ccc(C(=O)NCc2ccncc2)cc1. The van der Waals surface area contributed by atoms with Gasteiger partial charge < -0.3 is 5.32 Å². The number of hydrogen-bond donors (Lipinski definition) is 1. The van der Waals surface area contributed by atoms with Gasteiger partial charge in [0, 0.05) is 30.8 Å². The van der Waals surface area contributed by atoms with Crippen LogP contribution in [0.3, 0.4) is 0 Å². The second-order valence-electron chi connectivity index (χ2n) is 4.81. The van der Waals surface area contributed by atoms with Gasteiger partial charge >= 0.3 is 0 Å². The highest BCUT2D eigenvalue weighted by Gasteiger charge is 2.07. The lowest BCUT2D eigenvalue weighted by Crippen LogP contribution is -2.22. The average molecular weight is 304 g/mol. The molecule has 0 fully saturated rings. The first kappa shape index (κ1) is 15.2. The summed E-state index contributed by atoms with van der Waals surface area (Å²) >= 11 is 0. The van der Waals surface area contributed by atoms with Crippen LogP contribution < -0.4 is 5.32 Å². The van der Waals surface area contributed by atoms with E-state index < -0.39 is 9.84 Å². The maximum atomic E-state index is 12.0. The van der Waals surface area contributed by atoms with E-state index in [4.69, 9.17) is 0 Å². The van der Waals surface area contributed by atoms with Gasteiger partial charge in [-0.15, -0.1) is 0 Å². The van der Waals surface area contributed by atoms with Crippen molar-refractivity contribution in [2.75, 3.05) is 6.26 Å². The van der Waals surface area contributed by atoms with Crippen LogP contribution in [0.5, 0.6) is 0 Å². The number of amides is 1. The first-order valence-corrected chi connectivity index (χ1v) is 8.44. The molecule has 5 nitrogen and oxygen atoms in total. The summed E-state index contributed by atoms with van der Waals surface area (Å²) in [5, 5.41) is 2.80. The Morgan fingerprint density at radius 2 is 1.67 bits per heavy atom. The highest BCUT2D eigenvalue weighted by Crippen LogP contribution is 2.08. The Balaban J connectivity index is 1.97. The molecule has 2 rings (SSSR count). The summed E-state index contributed by atoms with van der Waals surface area (Å²) in [4.78, 5) is 15.9. The predicted octanol–water partition coefficient (Wildman–Crippen LogP) is 1.56. The number of pyridine rings is 1. The van der Waals surface area contributed by atoms with Crippen molar-refractivity contribution >= 4 is 15.7 Å². The van der Waals surface area contributed by atoms with Crippen LogP contribution in [0.15, 0.2) is 48.8 Å². The summed E-state index contributed by atoms with van der Waals surface area (Å²) in [5.74, 6) is -0.218. The van der Waals surface area contributed by atoms with Crippen LogP contribution in [0.1, 0.15) is 21.5 Å². The van der Waals surface area contributed by atoms with E-state index in [1.165, 1.54) is 6.26 Å². The van der Waals surface area contributed by atoms with Crippen LogP contribution >= 0.6 is 0 Å². The number of carbonyl (C=O) groups is 1. The van der Waals surface area contributed by atoms with Crippen molar-refractivity contribution in [1.29, 1.82) is 0 Å². The number of aromatic nitrogens is 1. The molecule has 6 heteroatoms. The van der Waals surface area contributed by atoms with Crippen molar-refractivity contribution in [2.24, 2.45) is 0 Å². The Bertz CT molecular complexity index is 710. The maximum absolute atomic E-state index is 12.0. The fourth-order valence-corrected chi connectivity index (χ4v) is 2.64. The quantitative estimate of drug-likeness (QED) is 0.909. The summed E-state index contributed by atoms with van der Waals surface area (Å²) in [6.45, 7) is 0.423. The summed E-state index contributed by atoms with van der Waals surface area (Å²) in [6, 6.07) is 10.2. The maximum Gasteiger partial charge on any atom is 0.251 e. The molecule has 0 spiro atoms. The average Bonchev–Trinajstić information content (AvgIpc) is 2.45. The van der Waals surface area contributed by atoms with Gasteiger partial charge in [0.1, 0.15) is 0 Å². The fourth-order valence-electron chi connectivity index (χ4n) is 1.84. The minimum Gasteiger partial charge on any atom is -0.348 e. The van der Waals surface area contributed by atoms with E-state index in [0.717, 1.165) is 5.56 Å². The van der Waals surface area contributed by atoms with Crippen molar-refractivity contribution in [3.8, 4) is 0 Å². The molecule has 1 heterocycles. The van der Waals surface area contributed by atoms with Crippen molar-refractivity contribution in [2.45, 2.75) is 12.3 Å². The summed E-state index contributed by atoms with van der Waals surface area (Å²) in [6.07, 6.45) is 4.52. The summed E-state index contributed by atoms with van der Waals surface area (Å²) < 4.78 is 22.4. The van der Waals surface area contributed by atoms with Gasteiger partial charge in [0.15, 0.2) is 9.84 Å². The molecule has 2 aromatic rings. The van der Waals surface area contributed by atoms with Crippen molar-refractivity contribution in [3.05, 3.63) is 65.5 Å². The number of sulfone groups is 1. The van der Waals surface area contributed by atoms with Gasteiger partial charge in [0.05, 0.1) is 5.75 Å². The van der Waals surface area contributed by atoms with Crippen LogP contribution in [0.25, 0.3) is 0 Å². The number of benzene rings is 1. The zero-order chi connectivity index (χ0) is 15.3. The van der Waals surface area contributed by atoms with Crippen LogP contribution in [0.2, 0.25) is 0 Å². The number of nitrogens with zero attached hydrogens (tertiary/aromatic N) is 1. The molecule has 21 heavy (non-hydrogen) atoms. The lowest BCUT2D eigenvalue weighted by molar-refractivity contribution is 0.0951. The number of carbonyl (C=O) groups excluding carboxylic acids is 1. The normalized spacial score (nSPS) is 11.1. The molecule has 1 aromatic carbocycles. The molecular weight excluding hydrogens is 288 g/mol. The van der Waals surface area contributed by atoms with Gasteiger partial charge in [0.2, 0.25) is 0 Å². The van der Waals surface area contributed by atoms with E-state index in [2.05, 4.69) is 10.3 Å². The van der Waals surface area contributed by atoms with E-state index in [1.54, 1.807) is 36.7 Å². The molecule has 0 unspecified atom stereocenters. The van der Waals surface area contributed by atoms with Crippen LogP contribution in [0.4, 0.5) is 0 Å². The van der Waals surface area contributed by atoms with Gasteiger partial charge in [-0.2, -0.15) is 0 Å². The topological polar surface area (TPSA) is 76.1 Å². The number of hydrogen-bond acceptors (Lipinski definition) is 4. The monoisotopic (exact) mass is 304 g/mol. The molecule has 110 valence electrons. The van der Waals surface area contributed by atoms with Crippen LogP contribution in [0, 0.1) is 0 Å². The van der Waals surface area contributed by atoms with E-state index in [-0.39, 0.29) is 11.7 Å². The summed E-state index contributed by atoms with van der Waals surface area (Å²) in [7, 11) is -3.06. The first-order chi connectivity index (χ1) is 9.94. The van der Waals surface area contributed by atoms with Gasteiger partial charge in [-0.05, 0) is 35.4 Å². The van der Waals surface area contributed by atoms with Gasteiger partial charge in [-0.1, -0.05) is 12.1 Å². The van der Waals surface area contributed by atoms with E-state index in [1.807, 2.05) is 12.1 Å². The molecule has 1 amide bonds. The van der Waals surface area contributed by atoms with Crippen molar-refractivity contribution in [3.63, 3.8) is 0 Å². The number of nitrogens with one attached hydrogen (secondary N) is 1. The molecule has 0 aliphatic rings. The Hall–Kier alpha value is -2.21. The molecule has 0 aliphatic carbocycles. The van der Waals surface area contributed by atoms with Crippen molar-refractivity contribution in [1.82, 2.24) is 10.3 Å². The Morgan fingerprint density at radius 3 is 2.24 bits per heavy atom. The van der Waals surface area contributed by atoms with Gasteiger partial charge in [-0.3, -0.25) is 9.78 Å². The molecule has 0 saturated heterocycles. The molecule has 1 N–H and O–H groups in total. The van der Waals surface area contributed by atoms with E-state index >= 15 is 0 Å².